The van der Waals surface area contributed by atoms with Gasteiger partial charge in [0.05, 0.1) is 25.4 Å². The molecule has 0 spiro atoms. The Morgan fingerprint density at radius 1 is 1.32 bits per heavy atom. The average molecular weight is 273 g/mol. The van der Waals surface area contributed by atoms with E-state index in [1.54, 1.807) is 0 Å². The van der Waals surface area contributed by atoms with E-state index >= 15 is 0 Å². The van der Waals surface area contributed by atoms with E-state index in [9.17, 15) is 5.11 Å². The molecule has 114 valence electrons. The Kier molecular flexibility index (Phi) is 8.62. The predicted molar refractivity (Wildman–Crippen MR) is 77.3 cm³/mol. The molecule has 1 fully saturated rings. The third-order valence-electron chi connectivity index (χ3n) is 3.69. The summed E-state index contributed by atoms with van der Waals surface area (Å²) in [7, 11) is 0. The van der Waals surface area contributed by atoms with Gasteiger partial charge in [0, 0.05) is 19.2 Å². The molecule has 1 aliphatic rings. The first-order valence-electron chi connectivity index (χ1n) is 7.72. The zero-order valence-corrected chi connectivity index (χ0v) is 12.7. The van der Waals surface area contributed by atoms with E-state index in [0.29, 0.717) is 25.9 Å². The van der Waals surface area contributed by atoms with E-state index < -0.39 is 6.10 Å². The topological polar surface area (TPSA) is 50.7 Å². The van der Waals surface area contributed by atoms with Crippen LogP contribution >= 0.6 is 0 Å². The van der Waals surface area contributed by atoms with Crippen molar-refractivity contribution in [1.29, 1.82) is 0 Å². The van der Waals surface area contributed by atoms with Crippen LogP contribution < -0.4 is 5.32 Å². The summed E-state index contributed by atoms with van der Waals surface area (Å²) in [4.78, 5) is 0. The van der Waals surface area contributed by atoms with Gasteiger partial charge in [0.2, 0.25) is 0 Å². The standard InChI is InChI=1S/C15H31NO3/c1-4-18-10-13(3)16-9-14(17)11-19-15-7-5-6-12(2)8-15/h12-17H,4-11H2,1-3H3. The zero-order chi connectivity index (χ0) is 14.1. The summed E-state index contributed by atoms with van der Waals surface area (Å²) in [5.74, 6) is 0.764. The summed E-state index contributed by atoms with van der Waals surface area (Å²) in [6.45, 7) is 8.75. The molecule has 19 heavy (non-hydrogen) atoms. The molecule has 4 atom stereocenters. The van der Waals surface area contributed by atoms with Gasteiger partial charge < -0.3 is 19.9 Å². The fraction of sp³-hybridized carbons (Fsp3) is 1.00. The maximum absolute atomic E-state index is 9.89. The summed E-state index contributed by atoms with van der Waals surface area (Å²) >= 11 is 0. The van der Waals surface area contributed by atoms with E-state index in [2.05, 4.69) is 19.2 Å². The molecule has 4 unspecified atom stereocenters. The molecule has 0 aromatic heterocycles. The van der Waals surface area contributed by atoms with Gasteiger partial charge in [0.15, 0.2) is 0 Å². The van der Waals surface area contributed by atoms with Gasteiger partial charge in [-0.05, 0) is 32.6 Å². The van der Waals surface area contributed by atoms with Crippen molar-refractivity contribution >= 4 is 0 Å². The van der Waals surface area contributed by atoms with Gasteiger partial charge in [-0.25, -0.2) is 0 Å². The van der Waals surface area contributed by atoms with Crippen LogP contribution in [0, 0.1) is 5.92 Å². The number of ether oxygens (including phenoxy) is 2. The van der Waals surface area contributed by atoms with Crippen LogP contribution in [-0.4, -0.2) is 49.7 Å². The Morgan fingerprint density at radius 3 is 2.79 bits per heavy atom. The molecule has 4 heteroatoms. The number of hydrogen-bond donors (Lipinski definition) is 2. The SMILES string of the molecule is CCOCC(C)NCC(O)COC1CCCC(C)C1. The molecule has 0 aromatic carbocycles. The van der Waals surface area contributed by atoms with Crippen LogP contribution in [0.1, 0.15) is 46.5 Å². The van der Waals surface area contributed by atoms with Crippen molar-refractivity contribution in [2.45, 2.75) is 64.7 Å². The van der Waals surface area contributed by atoms with Crippen LogP contribution in [0.4, 0.5) is 0 Å². The van der Waals surface area contributed by atoms with Gasteiger partial charge in [0.25, 0.3) is 0 Å². The van der Waals surface area contributed by atoms with Gasteiger partial charge >= 0.3 is 0 Å². The summed E-state index contributed by atoms with van der Waals surface area (Å²) in [6.07, 6.45) is 4.77. The molecule has 0 amide bonds. The van der Waals surface area contributed by atoms with E-state index in [4.69, 9.17) is 9.47 Å². The number of aliphatic hydroxyl groups excluding tert-OH is 1. The van der Waals surface area contributed by atoms with Gasteiger partial charge in [-0.3, -0.25) is 0 Å². The van der Waals surface area contributed by atoms with Crippen LogP contribution in [0.5, 0.6) is 0 Å². The minimum absolute atomic E-state index is 0.268. The van der Waals surface area contributed by atoms with Gasteiger partial charge in [-0.15, -0.1) is 0 Å². The maximum atomic E-state index is 9.89. The monoisotopic (exact) mass is 273 g/mol. The minimum atomic E-state index is -0.429. The first-order valence-corrected chi connectivity index (χ1v) is 7.72. The summed E-state index contributed by atoms with van der Waals surface area (Å²) < 4.78 is 11.1. The predicted octanol–water partition coefficient (Wildman–Crippen LogP) is 1.96. The Labute approximate surface area is 117 Å². The third kappa shape index (κ3) is 7.88. The molecular weight excluding hydrogens is 242 g/mol. The van der Waals surface area contributed by atoms with Crippen LogP contribution in [0.25, 0.3) is 0 Å². The molecule has 0 radical (unpaired) electrons. The number of hydrogen-bond acceptors (Lipinski definition) is 4. The highest BCUT2D eigenvalue weighted by Crippen LogP contribution is 2.25. The van der Waals surface area contributed by atoms with Crippen molar-refractivity contribution in [1.82, 2.24) is 5.32 Å². The van der Waals surface area contributed by atoms with Crippen molar-refractivity contribution < 1.29 is 14.6 Å². The Bertz CT molecular complexity index is 225. The lowest BCUT2D eigenvalue weighted by molar-refractivity contribution is -0.0316. The largest absolute Gasteiger partial charge is 0.389 e. The molecule has 4 nitrogen and oxygen atoms in total. The molecule has 1 rings (SSSR count). The highest BCUT2D eigenvalue weighted by molar-refractivity contribution is 4.72. The normalized spacial score (nSPS) is 27.2. The molecule has 0 bridgehead atoms. The lowest BCUT2D eigenvalue weighted by Crippen LogP contribution is -2.39. The molecule has 0 heterocycles. The summed E-state index contributed by atoms with van der Waals surface area (Å²) in [6, 6.07) is 0.268. The van der Waals surface area contributed by atoms with Crippen molar-refractivity contribution in [2.75, 3.05) is 26.4 Å². The Hall–Kier alpha value is -0.160. The molecule has 2 N–H and O–H groups in total. The molecular formula is C15H31NO3. The molecule has 1 aliphatic carbocycles. The van der Waals surface area contributed by atoms with E-state index in [1.165, 1.54) is 12.8 Å². The molecule has 0 aliphatic heterocycles. The average Bonchev–Trinajstić information content (AvgIpc) is 2.40. The van der Waals surface area contributed by atoms with Gasteiger partial charge in [-0.2, -0.15) is 0 Å². The number of aliphatic hydroxyl groups is 1. The lowest BCUT2D eigenvalue weighted by atomic mass is 9.89. The highest BCUT2D eigenvalue weighted by atomic mass is 16.5. The van der Waals surface area contributed by atoms with E-state index in [-0.39, 0.29) is 6.04 Å². The molecule has 0 aromatic rings. The van der Waals surface area contributed by atoms with E-state index in [1.807, 2.05) is 6.92 Å². The highest BCUT2D eigenvalue weighted by Gasteiger charge is 2.20. The minimum Gasteiger partial charge on any atom is -0.389 e. The lowest BCUT2D eigenvalue weighted by Gasteiger charge is -2.27. The second-order valence-electron chi connectivity index (χ2n) is 5.85. The second-order valence-corrected chi connectivity index (χ2v) is 5.85. The zero-order valence-electron chi connectivity index (χ0n) is 12.7. The van der Waals surface area contributed by atoms with Gasteiger partial charge in [0.1, 0.15) is 0 Å². The first kappa shape index (κ1) is 16.9. The maximum Gasteiger partial charge on any atom is 0.0897 e. The Morgan fingerprint density at radius 2 is 2.11 bits per heavy atom. The first-order chi connectivity index (χ1) is 9.11. The van der Waals surface area contributed by atoms with Crippen LogP contribution in [0.3, 0.4) is 0 Å². The van der Waals surface area contributed by atoms with Crippen molar-refractivity contribution in [3.05, 3.63) is 0 Å². The quantitative estimate of drug-likeness (QED) is 0.674. The van der Waals surface area contributed by atoms with Crippen molar-refractivity contribution in [3.63, 3.8) is 0 Å². The third-order valence-corrected chi connectivity index (χ3v) is 3.69. The van der Waals surface area contributed by atoms with Crippen LogP contribution in [0.15, 0.2) is 0 Å². The van der Waals surface area contributed by atoms with Crippen molar-refractivity contribution in [2.24, 2.45) is 5.92 Å². The van der Waals surface area contributed by atoms with E-state index in [0.717, 1.165) is 25.4 Å². The number of rotatable bonds is 9. The summed E-state index contributed by atoms with van der Waals surface area (Å²) in [5, 5.41) is 13.2. The number of nitrogens with one attached hydrogen (secondary N) is 1. The fourth-order valence-electron chi connectivity index (χ4n) is 2.53. The van der Waals surface area contributed by atoms with Crippen molar-refractivity contribution in [3.8, 4) is 0 Å². The summed E-state index contributed by atoms with van der Waals surface area (Å²) in [5.41, 5.74) is 0. The van der Waals surface area contributed by atoms with Crippen LogP contribution in [0.2, 0.25) is 0 Å². The molecule has 1 saturated carbocycles. The molecule has 0 saturated heterocycles. The van der Waals surface area contributed by atoms with Gasteiger partial charge in [-0.1, -0.05) is 19.8 Å². The second kappa shape index (κ2) is 9.70. The smallest absolute Gasteiger partial charge is 0.0897 e. The fourth-order valence-corrected chi connectivity index (χ4v) is 2.53. The van der Waals surface area contributed by atoms with Crippen LogP contribution in [-0.2, 0) is 9.47 Å². The Balaban J connectivity index is 2.05.